The highest BCUT2D eigenvalue weighted by atomic mass is 32.2. The van der Waals surface area contributed by atoms with Crippen molar-refractivity contribution in [3.05, 3.63) is 42.0 Å². The van der Waals surface area contributed by atoms with Gasteiger partial charge in [0.05, 0.1) is 5.75 Å². The van der Waals surface area contributed by atoms with Crippen LogP contribution in [-0.4, -0.2) is 33.8 Å². The lowest BCUT2D eigenvalue weighted by Gasteiger charge is -1.99. The minimum Gasteiger partial charge on any atom is -0.353 e. The van der Waals surface area contributed by atoms with Crippen LogP contribution in [0, 0.1) is 0 Å². The van der Waals surface area contributed by atoms with Crippen LogP contribution in [-0.2, 0) is 9.59 Å². The molecule has 0 unspecified atom stereocenters. The molecule has 6 nitrogen and oxygen atoms in total. The van der Waals surface area contributed by atoms with Gasteiger partial charge >= 0.3 is 0 Å². The van der Waals surface area contributed by atoms with E-state index in [1.165, 1.54) is 29.2 Å². The fourth-order valence-corrected chi connectivity index (χ4v) is 3.39. The zero-order valence-corrected chi connectivity index (χ0v) is 14.4. The highest BCUT2D eigenvalue weighted by Gasteiger charge is 2.23. The van der Waals surface area contributed by atoms with E-state index in [0.717, 1.165) is 18.4 Å². The van der Waals surface area contributed by atoms with Gasteiger partial charge < -0.3 is 5.32 Å². The van der Waals surface area contributed by atoms with Crippen LogP contribution >= 0.6 is 23.1 Å². The average molecular weight is 360 g/mol. The minimum atomic E-state index is -0.266. The summed E-state index contributed by atoms with van der Waals surface area (Å²) in [6.45, 7) is 0. The lowest BCUT2D eigenvalue weighted by molar-refractivity contribution is -0.118. The van der Waals surface area contributed by atoms with Crippen molar-refractivity contribution in [1.82, 2.24) is 15.5 Å². The van der Waals surface area contributed by atoms with Gasteiger partial charge in [-0.25, -0.2) is 0 Å². The molecule has 1 aromatic carbocycles. The molecule has 0 saturated heterocycles. The number of thioether (sulfide) groups is 1. The first-order valence-corrected chi connectivity index (χ1v) is 9.29. The Labute approximate surface area is 147 Å². The maximum absolute atomic E-state index is 11.9. The van der Waals surface area contributed by atoms with Crippen molar-refractivity contribution in [3.8, 4) is 0 Å². The van der Waals surface area contributed by atoms with Crippen LogP contribution in [0.3, 0.4) is 0 Å². The number of hydrogen-bond acceptors (Lipinski definition) is 6. The Kier molecular flexibility index (Phi) is 5.60. The summed E-state index contributed by atoms with van der Waals surface area (Å²) in [5, 5.41) is 13.9. The third-order valence-electron chi connectivity index (χ3n) is 3.13. The number of anilines is 1. The summed E-state index contributed by atoms with van der Waals surface area (Å²) in [7, 11) is 0. The Morgan fingerprint density at radius 2 is 2.04 bits per heavy atom. The molecule has 1 saturated carbocycles. The summed E-state index contributed by atoms with van der Waals surface area (Å²) in [5.41, 5.74) is 0.947. The highest BCUT2D eigenvalue weighted by molar-refractivity contribution is 8.01. The molecule has 2 amide bonds. The second-order valence-electron chi connectivity index (χ2n) is 5.24. The van der Waals surface area contributed by atoms with E-state index in [2.05, 4.69) is 20.8 Å². The second-order valence-corrected chi connectivity index (χ2v) is 7.44. The fraction of sp³-hybridized carbons (Fsp3) is 0.250. The molecule has 0 aliphatic heterocycles. The van der Waals surface area contributed by atoms with Gasteiger partial charge in [-0.05, 0) is 24.5 Å². The van der Waals surface area contributed by atoms with E-state index in [-0.39, 0.29) is 11.8 Å². The van der Waals surface area contributed by atoms with Crippen molar-refractivity contribution in [2.45, 2.75) is 23.2 Å². The predicted octanol–water partition coefficient (Wildman–Crippen LogP) is 2.56. The lowest BCUT2D eigenvalue weighted by atomic mass is 10.2. The summed E-state index contributed by atoms with van der Waals surface area (Å²) in [6, 6.07) is 9.92. The van der Waals surface area contributed by atoms with Crippen LogP contribution in [0.15, 0.2) is 40.7 Å². The van der Waals surface area contributed by atoms with Gasteiger partial charge in [-0.15, -0.1) is 10.2 Å². The predicted molar refractivity (Wildman–Crippen MR) is 95.9 cm³/mol. The molecule has 124 valence electrons. The fourth-order valence-electron chi connectivity index (χ4n) is 1.83. The number of carbonyl (C=O) groups is 2. The van der Waals surface area contributed by atoms with Gasteiger partial charge in [0.25, 0.3) is 0 Å². The van der Waals surface area contributed by atoms with Crippen molar-refractivity contribution in [2.75, 3.05) is 11.1 Å². The Morgan fingerprint density at radius 1 is 1.25 bits per heavy atom. The molecule has 2 aromatic rings. The summed E-state index contributed by atoms with van der Waals surface area (Å²) >= 11 is 2.57. The first-order valence-electron chi connectivity index (χ1n) is 7.49. The van der Waals surface area contributed by atoms with Crippen molar-refractivity contribution in [2.24, 2.45) is 0 Å². The molecule has 0 spiro atoms. The molecule has 1 fully saturated rings. The van der Waals surface area contributed by atoms with E-state index in [9.17, 15) is 9.59 Å². The Bertz CT molecular complexity index is 742. The van der Waals surface area contributed by atoms with Crippen molar-refractivity contribution in [1.29, 1.82) is 0 Å². The zero-order valence-electron chi connectivity index (χ0n) is 12.8. The molecule has 2 N–H and O–H groups in total. The van der Waals surface area contributed by atoms with Crippen molar-refractivity contribution < 1.29 is 9.59 Å². The molecule has 0 atom stereocenters. The Morgan fingerprint density at radius 3 is 2.79 bits per heavy atom. The van der Waals surface area contributed by atoms with Crippen LogP contribution in [0.4, 0.5) is 5.13 Å². The topological polar surface area (TPSA) is 84.0 Å². The largest absolute Gasteiger partial charge is 0.353 e. The number of hydrogen-bond donors (Lipinski definition) is 2. The summed E-state index contributed by atoms with van der Waals surface area (Å²) in [6.07, 6.45) is 5.32. The molecule has 0 bridgehead atoms. The summed E-state index contributed by atoms with van der Waals surface area (Å²) < 4.78 is 0.656. The number of amides is 2. The SMILES string of the molecule is O=C(/C=C/c1ccccc1)Nc1nnc(SCC(=O)NC2CC2)s1. The molecule has 1 aliphatic carbocycles. The van der Waals surface area contributed by atoms with Crippen LogP contribution in [0.25, 0.3) is 6.08 Å². The third-order valence-corrected chi connectivity index (χ3v) is 5.10. The molecule has 1 aliphatic rings. The van der Waals surface area contributed by atoms with Gasteiger partial charge in [0, 0.05) is 12.1 Å². The lowest BCUT2D eigenvalue weighted by Crippen LogP contribution is -2.26. The number of carbonyl (C=O) groups excluding carboxylic acids is 2. The van der Waals surface area contributed by atoms with E-state index < -0.39 is 0 Å². The number of nitrogens with one attached hydrogen (secondary N) is 2. The molecule has 1 heterocycles. The molecule has 24 heavy (non-hydrogen) atoms. The number of nitrogens with zero attached hydrogens (tertiary/aromatic N) is 2. The molecule has 8 heteroatoms. The first kappa shape index (κ1) is 16.7. The monoisotopic (exact) mass is 360 g/mol. The van der Waals surface area contributed by atoms with Crippen LogP contribution < -0.4 is 10.6 Å². The van der Waals surface area contributed by atoms with Gasteiger partial charge in [-0.1, -0.05) is 53.4 Å². The Balaban J connectivity index is 1.45. The summed E-state index contributed by atoms with van der Waals surface area (Å²) in [4.78, 5) is 23.5. The second kappa shape index (κ2) is 8.07. The maximum Gasteiger partial charge on any atom is 0.250 e. The Hall–Kier alpha value is -2.19. The van der Waals surface area contributed by atoms with E-state index in [1.54, 1.807) is 6.08 Å². The third kappa shape index (κ3) is 5.47. The quantitative estimate of drug-likeness (QED) is 0.450. The van der Waals surface area contributed by atoms with Crippen molar-refractivity contribution >= 4 is 46.1 Å². The first-order chi connectivity index (χ1) is 11.7. The minimum absolute atomic E-state index is 0.00841. The van der Waals surface area contributed by atoms with Crippen LogP contribution in [0.2, 0.25) is 0 Å². The normalized spacial score (nSPS) is 13.8. The van der Waals surface area contributed by atoms with Gasteiger partial charge in [0.2, 0.25) is 16.9 Å². The zero-order chi connectivity index (χ0) is 16.8. The molecule has 0 radical (unpaired) electrons. The standard InChI is InChI=1S/C16H16N4O2S2/c21-13(9-6-11-4-2-1-3-5-11)18-15-19-20-16(24-15)23-10-14(22)17-12-7-8-12/h1-6,9,12H,7-8,10H2,(H,17,22)(H,18,19,21)/b9-6+. The number of benzene rings is 1. The molecular formula is C16H16N4O2S2. The highest BCUT2D eigenvalue weighted by Crippen LogP contribution is 2.26. The number of rotatable bonds is 7. The average Bonchev–Trinajstić information content (AvgIpc) is 3.29. The van der Waals surface area contributed by atoms with Gasteiger partial charge in [0.15, 0.2) is 4.34 Å². The smallest absolute Gasteiger partial charge is 0.250 e. The van der Waals surface area contributed by atoms with E-state index >= 15 is 0 Å². The van der Waals surface area contributed by atoms with E-state index in [4.69, 9.17) is 0 Å². The van der Waals surface area contributed by atoms with E-state index in [0.29, 0.717) is 21.3 Å². The number of aromatic nitrogens is 2. The van der Waals surface area contributed by atoms with E-state index in [1.807, 2.05) is 30.3 Å². The van der Waals surface area contributed by atoms with Gasteiger partial charge in [0.1, 0.15) is 0 Å². The maximum atomic E-state index is 11.9. The van der Waals surface area contributed by atoms with Gasteiger partial charge in [-0.2, -0.15) is 0 Å². The molecule has 3 rings (SSSR count). The van der Waals surface area contributed by atoms with Crippen LogP contribution in [0.5, 0.6) is 0 Å². The summed E-state index contributed by atoms with van der Waals surface area (Å²) in [5.74, 6) is 0.0552. The molecule has 1 aromatic heterocycles. The molecular weight excluding hydrogens is 344 g/mol. The van der Waals surface area contributed by atoms with Crippen LogP contribution in [0.1, 0.15) is 18.4 Å². The van der Waals surface area contributed by atoms with Gasteiger partial charge in [-0.3, -0.25) is 14.9 Å². The van der Waals surface area contributed by atoms with Crippen molar-refractivity contribution in [3.63, 3.8) is 0 Å².